The molecule has 6 heteroatoms. The second-order valence-electron chi connectivity index (χ2n) is 3.78. The number of aromatic nitrogens is 3. The van der Waals surface area contributed by atoms with Gasteiger partial charge in [-0.3, -0.25) is 4.79 Å². The predicted molar refractivity (Wildman–Crippen MR) is 65.3 cm³/mol. The van der Waals surface area contributed by atoms with Crippen LogP contribution in [0.2, 0.25) is 0 Å². The number of para-hydroxylation sites is 1. The average Bonchev–Trinajstić information content (AvgIpc) is 2.84. The van der Waals surface area contributed by atoms with Gasteiger partial charge in [-0.1, -0.05) is 18.2 Å². The molecule has 0 spiro atoms. The highest BCUT2D eigenvalue weighted by Gasteiger charge is 2.02. The summed E-state index contributed by atoms with van der Waals surface area (Å²) in [4.78, 5) is 11.9. The van der Waals surface area contributed by atoms with Crippen LogP contribution < -0.4 is 5.32 Å². The van der Waals surface area contributed by atoms with Gasteiger partial charge in [0, 0.05) is 13.1 Å². The Balaban J connectivity index is 1.89. The summed E-state index contributed by atoms with van der Waals surface area (Å²) in [6.07, 6.45) is 1.77. The summed E-state index contributed by atoms with van der Waals surface area (Å²) in [6.45, 7) is 0.938. The molecule has 0 fully saturated rings. The number of nitrogens with one attached hydrogen (secondary N) is 1. The Morgan fingerprint density at radius 2 is 2.11 bits per heavy atom. The maximum Gasteiger partial charge on any atom is 0.304 e. The van der Waals surface area contributed by atoms with E-state index < -0.39 is 5.97 Å². The lowest BCUT2D eigenvalue weighted by Crippen LogP contribution is -2.18. The molecule has 0 aliphatic rings. The maximum atomic E-state index is 10.3. The summed E-state index contributed by atoms with van der Waals surface area (Å²) in [5, 5.41) is 19.9. The van der Waals surface area contributed by atoms with Gasteiger partial charge in [-0.25, -0.2) is 0 Å². The third kappa shape index (κ3) is 3.39. The maximum absolute atomic E-state index is 10.3. The second-order valence-corrected chi connectivity index (χ2v) is 3.78. The Labute approximate surface area is 104 Å². The Morgan fingerprint density at radius 1 is 1.33 bits per heavy atom. The molecule has 2 N–H and O–H groups in total. The van der Waals surface area contributed by atoms with Gasteiger partial charge in [0.25, 0.3) is 0 Å². The molecule has 1 aromatic heterocycles. The minimum Gasteiger partial charge on any atom is -0.481 e. The number of aliphatic carboxylic acids is 1. The van der Waals surface area contributed by atoms with E-state index in [9.17, 15) is 4.79 Å². The quantitative estimate of drug-likeness (QED) is 0.738. The fourth-order valence-corrected chi connectivity index (χ4v) is 1.47. The van der Waals surface area contributed by atoms with Crippen LogP contribution in [0, 0.1) is 0 Å². The largest absolute Gasteiger partial charge is 0.481 e. The molecular weight excluding hydrogens is 232 g/mol. The Morgan fingerprint density at radius 3 is 2.83 bits per heavy atom. The van der Waals surface area contributed by atoms with E-state index in [-0.39, 0.29) is 6.42 Å². The third-order valence-corrected chi connectivity index (χ3v) is 2.35. The van der Waals surface area contributed by atoms with Gasteiger partial charge in [-0.2, -0.15) is 15.0 Å². The molecule has 0 aliphatic carbocycles. The van der Waals surface area contributed by atoms with Crippen LogP contribution in [0.3, 0.4) is 0 Å². The van der Waals surface area contributed by atoms with E-state index in [2.05, 4.69) is 15.5 Å². The van der Waals surface area contributed by atoms with E-state index in [4.69, 9.17) is 5.11 Å². The molecule has 94 valence electrons. The van der Waals surface area contributed by atoms with E-state index in [0.29, 0.717) is 13.1 Å². The van der Waals surface area contributed by atoms with Crippen molar-refractivity contribution in [1.29, 1.82) is 0 Å². The molecule has 0 unspecified atom stereocenters. The van der Waals surface area contributed by atoms with E-state index in [0.717, 1.165) is 11.4 Å². The zero-order valence-corrected chi connectivity index (χ0v) is 9.78. The molecule has 1 heterocycles. The molecule has 2 aromatic rings. The molecule has 2 rings (SSSR count). The smallest absolute Gasteiger partial charge is 0.304 e. The lowest BCUT2D eigenvalue weighted by Gasteiger charge is -1.99. The van der Waals surface area contributed by atoms with Crippen molar-refractivity contribution in [2.75, 3.05) is 6.54 Å². The number of carbonyl (C=O) groups is 1. The molecule has 0 bridgehead atoms. The van der Waals surface area contributed by atoms with Gasteiger partial charge in [0.05, 0.1) is 24.0 Å². The molecular formula is C12H14N4O2. The van der Waals surface area contributed by atoms with E-state index in [1.807, 2.05) is 30.3 Å². The monoisotopic (exact) mass is 246 g/mol. The Bertz CT molecular complexity index is 510. The fraction of sp³-hybridized carbons (Fsp3) is 0.250. The van der Waals surface area contributed by atoms with Gasteiger partial charge in [0.1, 0.15) is 0 Å². The average molecular weight is 246 g/mol. The van der Waals surface area contributed by atoms with Crippen molar-refractivity contribution in [3.8, 4) is 5.69 Å². The summed E-state index contributed by atoms with van der Waals surface area (Å²) in [6, 6.07) is 9.61. The van der Waals surface area contributed by atoms with Crippen molar-refractivity contribution in [1.82, 2.24) is 20.3 Å². The van der Waals surface area contributed by atoms with E-state index in [1.165, 1.54) is 0 Å². The lowest BCUT2D eigenvalue weighted by molar-refractivity contribution is -0.136. The van der Waals surface area contributed by atoms with Crippen LogP contribution in [-0.4, -0.2) is 32.6 Å². The Kier molecular flexibility index (Phi) is 4.03. The number of carboxylic acids is 1. The van der Waals surface area contributed by atoms with Gasteiger partial charge in [0.15, 0.2) is 0 Å². The molecule has 0 atom stereocenters. The van der Waals surface area contributed by atoms with Crippen molar-refractivity contribution in [2.24, 2.45) is 0 Å². The topological polar surface area (TPSA) is 80.0 Å². The number of carboxylic acid groups (broad SMARTS) is 1. The molecule has 0 saturated carbocycles. The van der Waals surface area contributed by atoms with E-state index >= 15 is 0 Å². The van der Waals surface area contributed by atoms with Crippen LogP contribution in [-0.2, 0) is 11.3 Å². The molecule has 0 amide bonds. The van der Waals surface area contributed by atoms with Crippen LogP contribution in [0.1, 0.15) is 12.1 Å². The minimum atomic E-state index is -0.810. The van der Waals surface area contributed by atoms with Gasteiger partial charge in [-0.05, 0) is 12.1 Å². The zero-order valence-electron chi connectivity index (χ0n) is 9.78. The van der Waals surface area contributed by atoms with Crippen LogP contribution >= 0.6 is 0 Å². The predicted octanol–water partition coefficient (Wildman–Crippen LogP) is 0.832. The summed E-state index contributed by atoms with van der Waals surface area (Å²) >= 11 is 0. The molecule has 1 aromatic carbocycles. The highest BCUT2D eigenvalue weighted by molar-refractivity contribution is 5.66. The minimum absolute atomic E-state index is 0.104. The summed E-state index contributed by atoms with van der Waals surface area (Å²) in [5.74, 6) is -0.810. The van der Waals surface area contributed by atoms with E-state index in [1.54, 1.807) is 11.0 Å². The first-order valence-electron chi connectivity index (χ1n) is 5.65. The first kappa shape index (κ1) is 12.3. The lowest BCUT2D eigenvalue weighted by atomic mass is 10.3. The van der Waals surface area contributed by atoms with Crippen LogP contribution in [0.25, 0.3) is 5.69 Å². The van der Waals surface area contributed by atoms with Crippen molar-refractivity contribution < 1.29 is 9.90 Å². The van der Waals surface area contributed by atoms with Crippen molar-refractivity contribution in [2.45, 2.75) is 13.0 Å². The fourth-order valence-electron chi connectivity index (χ4n) is 1.47. The first-order valence-corrected chi connectivity index (χ1v) is 5.65. The number of benzene rings is 1. The van der Waals surface area contributed by atoms with Crippen molar-refractivity contribution in [3.63, 3.8) is 0 Å². The number of hydrogen-bond acceptors (Lipinski definition) is 4. The van der Waals surface area contributed by atoms with Crippen LogP contribution in [0.4, 0.5) is 0 Å². The van der Waals surface area contributed by atoms with Crippen molar-refractivity contribution >= 4 is 5.97 Å². The number of nitrogens with zero attached hydrogens (tertiary/aromatic N) is 3. The van der Waals surface area contributed by atoms with Crippen LogP contribution in [0.15, 0.2) is 36.5 Å². The van der Waals surface area contributed by atoms with Gasteiger partial charge in [-0.15, -0.1) is 0 Å². The SMILES string of the molecule is O=C(O)CCNCc1cnn(-c2ccccc2)n1. The molecule has 0 saturated heterocycles. The third-order valence-electron chi connectivity index (χ3n) is 2.35. The molecule has 18 heavy (non-hydrogen) atoms. The van der Waals surface area contributed by atoms with Crippen LogP contribution in [0.5, 0.6) is 0 Å². The van der Waals surface area contributed by atoms with Gasteiger partial charge < -0.3 is 10.4 Å². The highest BCUT2D eigenvalue weighted by atomic mass is 16.4. The van der Waals surface area contributed by atoms with Gasteiger partial charge in [0.2, 0.25) is 0 Å². The molecule has 6 nitrogen and oxygen atoms in total. The summed E-state index contributed by atoms with van der Waals surface area (Å²) in [5.41, 5.74) is 1.68. The summed E-state index contributed by atoms with van der Waals surface area (Å²) in [7, 11) is 0. The molecule has 0 radical (unpaired) electrons. The van der Waals surface area contributed by atoms with Crippen molar-refractivity contribution in [3.05, 3.63) is 42.2 Å². The molecule has 0 aliphatic heterocycles. The highest BCUT2D eigenvalue weighted by Crippen LogP contribution is 2.03. The first-order chi connectivity index (χ1) is 8.75. The number of hydrogen-bond donors (Lipinski definition) is 2. The summed E-state index contributed by atoms with van der Waals surface area (Å²) < 4.78 is 0. The second kappa shape index (κ2) is 5.92. The standard InChI is InChI=1S/C12H14N4O2/c17-12(18)6-7-13-8-10-9-14-16(15-10)11-4-2-1-3-5-11/h1-5,9,13H,6-8H2,(H,17,18). The zero-order chi connectivity index (χ0) is 12.8. The van der Waals surface area contributed by atoms with Gasteiger partial charge >= 0.3 is 5.97 Å². The Hall–Kier alpha value is -2.21. The number of rotatable bonds is 6. The normalized spacial score (nSPS) is 10.4.